The van der Waals surface area contributed by atoms with Gasteiger partial charge in [-0.2, -0.15) is 0 Å². The van der Waals surface area contributed by atoms with E-state index in [1.807, 2.05) is 0 Å². The first kappa shape index (κ1) is 11.1. The summed E-state index contributed by atoms with van der Waals surface area (Å²) in [6.45, 7) is 1.77. The standard InChI is InChI=1S/C11H16FNO/c1-2-3-11(13)8-4-5-10(12)9(6-8)7-14/h4-6,11,14H,2-3,7,13H2,1H3. The van der Waals surface area contributed by atoms with E-state index in [-0.39, 0.29) is 18.5 Å². The summed E-state index contributed by atoms with van der Waals surface area (Å²) in [6.07, 6.45) is 1.86. The van der Waals surface area contributed by atoms with E-state index in [2.05, 4.69) is 6.92 Å². The molecular weight excluding hydrogens is 181 g/mol. The Morgan fingerprint density at radius 1 is 1.50 bits per heavy atom. The molecule has 0 radical (unpaired) electrons. The van der Waals surface area contributed by atoms with Crippen LogP contribution in [-0.4, -0.2) is 5.11 Å². The molecule has 0 heterocycles. The lowest BCUT2D eigenvalue weighted by atomic mass is 10.0. The number of aliphatic hydroxyl groups is 1. The van der Waals surface area contributed by atoms with Crippen LogP contribution >= 0.6 is 0 Å². The van der Waals surface area contributed by atoms with Crippen molar-refractivity contribution in [2.24, 2.45) is 5.73 Å². The minimum absolute atomic E-state index is 0.0640. The van der Waals surface area contributed by atoms with Gasteiger partial charge in [0.25, 0.3) is 0 Å². The number of hydrogen-bond donors (Lipinski definition) is 2. The Hall–Kier alpha value is -0.930. The van der Waals surface area contributed by atoms with E-state index in [1.54, 1.807) is 12.1 Å². The molecule has 0 aromatic heterocycles. The molecule has 1 rings (SSSR count). The van der Waals surface area contributed by atoms with Gasteiger partial charge in [0, 0.05) is 11.6 Å². The highest BCUT2D eigenvalue weighted by Gasteiger charge is 2.08. The normalized spacial score (nSPS) is 12.9. The van der Waals surface area contributed by atoms with Gasteiger partial charge in [0.05, 0.1) is 6.61 Å². The molecule has 0 bridgehead atoms. The fourth-order valence-corrected chi connectivity index (χ4v) is 1.42. The fourth-order valence-electron chi connectivity index (χ4n) is 1.42. The van der Waals surface area contributed by atoms with E-state index in [0.29, 0.717) is 5.56 Å². The lowest BCUT2D eigenvalue weighted by molar-refractivity contribution is 0.275. The highest BCUT2D eigenvalue weighted by Crippen LogP contribution is 2.18. The quantitative estimate of drug-likeness (QED) is 0.776. The van der Waals surface area contributed by atoms with Gasteiger partial charge in [0.15, 0.2) is 0 Å². The lowest BCUT2D eigenvalue weighted by Gasteiger charge is -2.11. The highest BCUT2D eigenvalue weighted by molar-refractivity contribution is 5.26. The van der Waals surface area contributed by atoms with Gasteiger partial charge in [-0.25, -0.2) is 4.39 Å². The van der Waals surface area contributed by atoms with Crippen LogP contribution in [0.15, 0.2) is 18.2 Å². The smallest absolute Gasteiger partial charge is 0.128 e. The van der Waals surface area contributed by atoms with Gasteiger partial charge in [-0.1, -0.05) is 19.4 Å². The average molecular weight is 197 g/mol. The summed E-state index contributed by atoms with van der Waals surface area (Å²) in [6, 6.07) is 4.60. The molecule has 0 amide bonds. The molecule has 3 N–H and O–H groups in total. The topological polar surface area (TPSA) is 46.2 Å². The molecule has 3 heteroatoms. The number of aliphatic hydroxyl groups excluding tert-OH is 1. The van der Waals surface area contributed by atoms with Crippen LogP contribution in [0.3, 0.4) is 0 Å². The summed E-state index contributed by atoms with van der Waals surface area (Å²) in [5.74, 6) is -0.375. The molecule has 0 saturated heterocycles. The second-order valence-electron chi connectivity index (χ2n) is 3.40. The zero-order chi connectivity index (χ0) is 10.6. The lowest BCUT2D eigenvalue weighted by Crippen LogP contribution is -2.10. The van der Waals surface area contributed by atoms with E-state index in [9.17, 15) is 4.39 Å². The Bertz CT molecular complexity index is 301. The van der Waals surface area contributed by atoms with Crippen molar-refractivity contribution in [1.82, 2.24) is 0 Å². The summed E-state index contributed by atoms with van der Waals surface area (Å²) in [4.78, 5) is 0. The second-order valence-corrected chi connectivity index (χ2v) is 3.40. The first-order chi connectivity index (χ1) is 6.69. The SMILES string of the molecule is CCCC(N)c1ccc(F)c(CO)c1. The molecule has 0 spiro atoms. The van der Waals surface area contributed by atoms with Crippen molar-refractivity contribution in [3.63, 3.8) is 0 Å². The van der Waals surface area contributed by atoms with Crippen molar-refractivity contribution >= 4 is 0 Å². The van der Waals surface area contributed by atoms with E-state index in [4.69, 9.17) is 10.8 Å². The molecule has 78 valence electrons. The average Bonchev–Trinajstić information content (AvgIpc) is 2.19. The minimum Gasteiger partial charge on any atom is -0.392 e. The van der Waals surface area contributed by atoms with Crippen molar-refractivity contribution in [1.29, 1.82) is 0 Å². The molecule has 1 aromatic carbocycles. The van der Waals surface area contributed by atoms with Crippen LogP contribution in [0.1, 0.15) is 36.9 Å². The third-order valence-corrected chi connectivity index (χ3v) is 2.27. The van der Waals surface area contributed by atoms with E-state index >= 15 is 0 Å². The molecule has 0 aliphatic rings. The van der Waals surface area contributed by atoms with Gasteiger partial charge < -0.3 is 10.8 Å². The third-order valence-electron chi connectivity index (χ3n) is 2.27. The molecule has 14 heavy (non-hydrogen) atoms. The van der Waals surface area contributed by atoms with Gasteiger partial charge in [-0.3, -0.25) is 0 Å². The summed E-state index contributed by atoms with van der Waals surface area (Å²) in [7, 11) is 0. The van der Waals surface area contributed by atoms with Crippen molar-refractivity contribution in [2.75, 3.05) is 0 Å². The maximum atomic E-state index is 13.0. The monoisotopic (exact) mass is 197 g/mol. The Kier molecular flexibility index (Phi) is 4.04. The maximum absolute atomic E-state index is 13.0. The predicted octanol–water partition coefficient (Wildman–Crippen LogP) is 2.12. The summed E-state index contributed by atoms with van der Waals surface area (Å²) in [5, 5.41) is 8.87. The second kappa shape index (κ2) is 5.08. The Balaban J connectivity index is 2.88. The predicted molar refractivity (Wildman–Crippen MR) is 54.2 cm³/mol. The first-order valence-electron chi connectivity index (χ1n) is 4.83. The number of benzene rings is 1. The van der Waals surface area contributed by atoms with Gasteiger partial charge in [-0.05, 0) is 24.1 Å². The van der Waals surface area contributed by atoms with Gasteiger partial charge in [-0.15, -0.1) is 0 Å². The molecule has 0 aliphatic heterocycles. The fraction of sp³-hybridized carbons (Fsp3) is 0.455. The third kappa shape index (κ3) is 2.53. The van der Waals surface area contributed by atoms with Gasteiger partial charge in [0.2, 0.25) is 0 Å². The summed E-state index contributed by atoms with van der Waals surface area (Å²) in [5.41, 5.74) is 7.08. The van der Waals surface area contributed by atoms with Crippen molar-refractivity contribution < 1.29 is 9.50 Å². The Morgan fingerprint density at radius 3 is 2.79 bits per heavy atom. The van der Waals surface area contributed by atoms with Crippen LogP contribution in [0.4, 0.5) is 4.39 Å². The molecule has 0 saturated carbocycles. The number of nitrogens with two attached hydrogens (primary N) is 1. The van der Waals surface area contributed by atoms with E-state index < -0.39 is 0 Å². The molecule has 1 atom stereocenters. The van der Waals surface area contributed by atoms with Crippen LogP contribution in [0, 0.1) is 5.82 Å². The van der Waals surface area contributed by atoms with Crippen LogP contribution < -0.4 is 5.73 Å². The summed E-state index contributed by atoms with van der Waals surface area (Å²) >= 11 is 0. The molecule has 1 aromatic rings. The molecule has 1 unspecified atom stereocenters. The van der Waals surface area contributed by atoms with Crippen LogP contribution in [0.5, 0.6) is 0 Å². The first-order valence-corrected chi connectivity index (χ1v) is 4.83. The molecule has 0 fully saturated rings. The number of halogens is 1. The highest BCUT2D eigenvalue weighted by atomic mass is 19.1. The minimum atomic E-state index is -0.375. The van der Waals surface area contributed by atoms with Gasteiger partial charge >= 0.3 is 0 Å². The van der Waals surface area contributed by atoms with Gasteiger partial charge in [0.1, 0.15) is 5.82 Å². The zero-order valence-corrected chi connectivity index (χ0v) is 8.33. The van der Waals surface area contributed by atoms with Crippen LogP contribution in [0.2, 0.25) is 0 Å². The van der Waals surface area contributed by atoms with Crippen LogP contribution in [0.25, 0.3) is 0 Å². The van der Waals surface area contributed by atoms with E-state index in [0.717, 1.165) is 18.4 Å². The Labute approximate surface area is 83.6 Å². The zero-order valence-electron chi connectivity index (χ0n) is 8.33. The molecular formula is C11H16FNO. The van der Waals surface area contributed by atoms with E-state index in [1.165, 1.54) is 6.07 Å². The number of rotatable bonds is 4. The van der Waals surface area contributed by atoms with Crippen molar-refractivity contribution in [2.45, 2.75) is 32.4 Å². The molecule has 0 aliphatic carbocycles. The Morgan fingerprint density at radius 2 is 2.21 bits per heavy atom. The van der Waals surface area contributed by atoms with Crippen LogP contribution in [-0.2, 0) is 6.61 Å². The number of hydrogen-bond acceptors (Lipinski definition) is 2. The largest absolute Gasteiger partial charge is 0.392 e. The van der Waals surface area contributed by atoms with Crippen molar-refractivity contribution in [3.8, 4) is 0 Å². The maximum Gasteiger partial charge on any atom is 0.128 e. The molecule has 2 nitrogen and oxygen atoms in total. The van der Waals surface area contributed by atoms with Crippen molar-refractivity contribution in [3.05, 3.63) is 35.1 Å². The summed E-state index contributed by atoms with van der Waals surface area (Å²) < 4.78 is 13.0.